The molecule has 0 unspecified atom stereocenters. The lowest BCUT2D eigenvalue weighted by molar-refractivity contribution is 0.1000. The molecule has 0 atom stereocenters. The quantitative estimate of drug-likeness (QED) is 0.880. The van der Waals surface area contributed by atoms with E-state index in [1.165, 1.54) is 0 Å². The third kappa shape index (κ3) is 3.28. The highest BCUT2D eigenvalue weighted by Gasteiger charge is 2.14. The highest BCUT2D eigenvalue weighted by molar-refractivity contribution is 6.12. The molecule has 0 amide bonds. The van der Waals surface area contributed by atoms with Gasteiger partial charge >= 0.3 is 0 Å². The zero-order valence-corrected chi connectivity index (χ0v) is 12.4. The Morgan fingerprint density at radius 3 is 2.45 bits per heavy atom. The summed E-state index contributed by atoms with van der Waals surface area (Å²) in [5.74, 6) is 0.811. The molecule has 0 fully saturated rings. The molecule has 0 spiro atoms. The van der Waals surface area contributed by atoms with Gasteiger partial charge in [0.05, 0.1) is 18.7 Å². The Kier molecular flexibility index (Phi) is 4.10. The molecule has 1 aliphatic rings. The first kappa shape index (κ1) is 14.2. The lowest BCUT2D eigenvalue weighted by atomic mass is 10.0. The number of benzene rings is 2. The highest BCUT2D eigenvalue weighted by atomic mass is 16.1. The zero-order chi connectivity index (χ0) is 15.4. The minimum Gasteiger partial charge on any atom is -0.294 e. The fraction of sp³-hybridized carbons (Fsp3) is 0.167. The van der Waals surface area contributed by atoms with Crippen LogP contribution in [0.25, 0.3) is 0 Å². The molecule has 0 saturated heterocycles. The normalized spacial score (nSPS) is 13.9. The van der Waals surface area contributed by atoms with Crippen LogP contribution >= 0.6 is 0 Å². The zero-order valence-electron chi connectivity index (χ0n) is 12.4. The maximum atomic E-state index is 12.2. The number of rotatable bonds is 4. The average molecular weight is 291 g/mol. The van der Waals surface area contributed by atoms with E-state index in [-0.39, 0.29) is 5.78 Å². The second-order valence-electron chi connectivity index (χ2n) is 5.29. The van der Waals surface area contributed by atoms with E-state index in [1.807, 2.05) is 61.5 Å². The monoisotopic (exact) mass is 291 g/mol. The average Bonchev–Trinajstić information content (AvgIpc) is 2.57. The van der Waals surface area contributed by atoms with E-state index in [4.69, 9.17) is 0 Å². The molecule has 0 aromatic heterocycles. The number of Topliss-reactive ketones (excluding diaryl/α,β-unsaturated/α-hetero) is 1. The van der Waals surface area contributed by atoms with Crippen LogP contribution in [0.2, 0.25) is 0 Å². The predicted octanol–water partition coefficient (Wildman–Crippen LogP) is 2.97. The first-order chi connectivity index (χ1) is 10.7. The van der Waals surface area contributed by atoms with Gasteiger partial charge in [0, 0.05) is 11.1 Å². The van der Waals surface area contributed by atoms with E-state index in [0.29, 0.717) is 18.5 Å². The van der Waals surface area contributed by atoms with Crippen molar-refractivity contribution >= 4 is 17.3 Å². The first-order valence-electron chi connectivity index (χ1n) is 7.23. The number of hydrazone groups is 1. The smallest absolute Gasteiger partial charge is 0.168 e. The molecule has 2 aromatic rings. The van der Waals surface area contributed by atoms with Crippen LogP contribution in [0.1, 0.15) is 27.9 Å². The Labute approximate surface area is 129 Å². The van der Waals surface area contributed by atoms with Gasteiger partial charge in [0.15, 0.2) is 5.78 Å². The number of amidine groups is 1. The molecule has 4 nitrogen and oxygen atoms in total. The molecule has 3 rings (SSSR count). The number of aryl methyl sites for hydroxylation is 1. The van der Waals surface area contributed by atoms with Crippen molar-refractivity contribution in [2.24, 2.45) is 10.1 Å². The van der Waals surface area contributed by atoms with Crippen LogP contribution in [-0.2, 0) is 0 Å². The molecule has 0 saturated carbocycles. The van der Waals surface area contributed by atoms with E-state index in [1.54, 1.807) is 0 Å². The summed E-state index contributed by atoms with van der Waals surface area (Å²) in [5.41, 5.74) is 6.55. The van der Waals surface area contributed by atoms with Crippen molar-refractivity contribution in [2.45, 2.75) is 13.3 Å². The van der Waals surface area contributed by atoms with Crippen LogP contribution in [-0.4, -0.2) is 23.9 Å². The molecular weight excluding hydrogens is 274 g/mol. The van der Waals surface area contributed by atoms with E-state index < -0.39 is 0 Å². The summed E-state index contributed by atoms with van der Waals surface area (Å²) in [7, 11) is 0. The van der Waals surface area contributed by atoms with Crippen molar-refractivity contribution in [3.05, 3.63) is 71.3 Å². The molecule has 22 heavy (non-hydrogen) atoms. The van der Waals surface area contributed by atoms with Crippen molar-refractivity contribution in [3.8, 4) is 0 Å². The largest absolute Gasteiger partial charge is 0.294 e. The van der Waals surface area contributed by atoms with Gasteiger partial charge in [0.2, 0.25) is 0 Å². The van der Waals surface area contributed by atoms with Gasteiger partial charge in [-0.2, -0.15) is 5.10 Å². The third-order valence-corrected chi connectivity index (χ3v) is 3.52. The second kappa shape index (κ2) is 6.35. The fourth-order valence-corrected chi connectivity index (χ4v) is 2.25. The summed E-state index contributed by atoms with van der Waals surface area (Å²) < 4.78 is 0. The summed E-state index contributed by atoms with van der Waals surface area (Å²) in [5, 5.41) is 4.29. The minimum atomic E-state index is 0.0684. The van der Waals surface area contributed by atoms with E-state index in [9.17, 15) is 4.79 Å². The molecule has 0 bridgehead atoms. The lowest BCUT2D eigenvalue weighted by Gasteiger charge is -2.13. The van der Waals surface area contributed by atoms with Crippen LogP contribution < -0.4 is 5.43 Å². The third-order valence-electron chi connectivity index (χ3n) is 3.52. The second-order valence-corrected chi connectivity index (χ2v) is 5.29. The summed E-state index contributed by atoms with van der Waals surface area (Å²) in [6.07, 6.45) is 0.293. The van der Waals surface area contributed by atoms with Crippen LogP contribution in [0.4, 0.5) is 0 Å². The van der Waals surface area contributed by atoms with Crippen molar-refractivity contribution in [3.63, 3.8) is 0 Å². The van der Waals surface area contributed by atoms with Crippen LogP contribution in [0, 0.1) is 6.92 Å². The maximum absolute atomic E-state index is 12.2. The summed E-state index contributed by atoms with van der Waals surface area (Å²) in [6, 6.07) is 17.4. The molecule has 0 radical (unpaired) electrons. The number of carbonyl (C=O) groups is 1. The first-order valence-corrected chi connectivity index (χ1v) is 7.23. The predicted molar refractivity (Wildman–Crippen MR) is 88.5 cm³/mol. The van der Waals surface area contributed by atoms with Crippen LogP contribution in [0.5, 0.6) is 0 Å². The Morgan fingerprint density at radius 1 is 1.09 bits per heavy atom. The molecule has 0 aliphatic carbocycles. The molecular formula is C18H17N3O. The van der Waals surface area contributed by atoms with E-state index >= 15 is 0 Å². The Morgan fingerprint density at radius 2 is 1.82 bits per heavy atom. The summed E-state index contributed by atoms with van der Waals surface area (Å²) in [4.78, 5) is 16.7. The van der Waals surface area contributed by atoms with Crippen molar-refractivity contribution < 1.29 is 4.79 Å². The van der Waals surface area contributed by atoms with E-state index in [0.717, 1.165) is 22.7 Å². The van der Waals surface area contributed by atoms with Gasteiger partial charge < -0.3 is 0 Å². The highest BCUT2D eigenvalue weighted by Crippen LogP contribution is 2.09. The van der Waals surface area contributed by atoms with Gasteiger partial charge in [-0.05, 0) is 6.92 Å². The van der Waals surface area contributed by atoms with Crippen molar-refractivity contribution in [1.29, 1.82) is 0 Å². The van der Waals surface area contributed by atoms with Gasteiger partial charge in [-0.1, -0.05) is 60.2 Å². The van der Waals surface area contributed by atoms with Gasteiger partial charge in [-0.25, -0.2) is 0 Å². The van der Waals surface area contributed by atoms with Crippen LogP contribution in [0.15, 0.2) is 64.7 Å². The van der Waals surface area contributed by atoms with E-state index in [2.05, 4.69) is 15.5 Å². The number of ketones is 1. The molecule has 2 aromatic carbocycles. The van der Waals surface area contributed by atoms with Gasteiger partial charge in [0.1, 0.15) is 5.84 Å². The molecule has 4 heteroatoms. The molecule has 1 N–H and O–H groups in total. The van der Waals surface area contributed by atoms with Gasteiger partial charge in [-0.15, -0.1) is 0 Å². The standard InChI is InChI=1S/C18H17N3O/c1-13-7-9-14(10-8-13)17(22)11-16-12-19-18(21-20-16)15-5-3-2-4-6-15/h2-10H,11-12H2,1H3,(H,19,21). The number of hydrogen-bond acceptors (Lipinski definition) is 4. The number of hydrogen-bond donors (Lipinski definition) is 1. The summed E-state index contributed by atoms with van der Waals surface area (Å²) in [6.45, 7) is 2.46. The van der Waals surface area contributed by atoms with Crippen molar-refractivity contribution in [1.82, 2.24) is 5.43 Å². The Balaban J connectivity index is 1.63. The number of nitrogens with one attached hydrogen (secondary N) is 1. The van der Waals surface area contributed by atoms with Gasteiger partial charge in [-0.3, -0.25) is 15.2 Å². The minimum absolute atomic E-state index is 0.0684. The number of aliphatic imine (C=N–C) groups is 1. The van der Waals surface area contributed by atoms with Crippen molar-refractivity contribution in [2.75, 3.05) is 6.54 Å². The number of carbonyl (C=O) groups excluding carboxylic acids is 1. The topological polar surface area (TPSA) is 53.8 Å². The SMILES string of the molecule is Cc1ccc(C(=O)CC2=NNC(c3ccccc3)=NC2)cc1. The Hall–Kier alpha value is -2.75. The molecule has 1 aliphatic heterocycles. The fourth-order valence-electron chi connectivity index (χ4n) is 2.25. The van der Waals surface area contributed by atoms with Gasteiger partial charge in [0.25, 0.3) is 0 Å². The maximum Gasteiger partial charge on any atom is 0.168 e. The molecule has 1 heterocycles. The lowest BCUT2D eigenvalue weighted by Crippen LogP contribution is -2.28. The summed E-state index contributed by atoms with van der Waals surface area (Å²) >= 11 is 0. The number of nitrogens with zero attached hydrogens (tertiary/aromatic N) is 2. The van der Waals surface area contributed by atoms with Crippen LogP contribution in [0.3, 0.4) is 0 Å². The Bertz CT molecular complexity index is 731. The molecule has 110 valence electrons.